The lowest BCUT2D eigenvalue weighted by atomic mass is 10.0. The minimum absolute atomic E-state index is 0.00385. The summed E-state index contributed by atoms with van der Waals surface area (Å²) in [6.45, 7) is 0. The van der Waals surface area contributed by atoms with Crippen molar-refractivity contribution in [3.8, 4) is 11.1 Å². The second-order valence-corrected chi connectivity index (χ2v) is 5.14. The van der Waals surface area contributed by atoms with Gasteiger partial charge in [-0.1, -0.05) is 36.4 Å². The van der Waals surface area contributed by atoms with Crippen LogP contribution in [0.3, 0.4) is 0 Å². The lowest BCUT2D eigenvalue weighted by Crippen LogP contribution is -2.13. The molecule has 108 valence electrons. The van der Waals surface area contributed by atoms with Crippen molar-refractivity contribution in [2.24, 2.45) is 0 Å². The molecule has 0 atom stereocenters. The highest BCUT2D eigenvalue weighted by molar-refractivity contribution is 6.11. The molecule has 0 saturated carbocycles. The summed E-state index contributed by atoms with van der Waals surface area (Å²) in [6.07, 6.45) is 0. The maximum Gasteiger partial charge on any atom is 0.272 e. The van der Waals surface area contributed by atoms with E-state index in [9.17, 15) is 9.18 Å². The molecule has 4 rings (SSSR count). The Kier molecular flexibility index (Phi) is 2.56. The Morgan fingerprint density at radius 3 is 2.45 bits per heavy atom. The standard InChI is InChI=1S/C17H12FN3O/c18-11-7-3-1-5-9(11)13-14(19)17(22)21-15-10-6-2-4-8-12(10)20-16(13)15/h1-8,20H,19H2,(H,21,22). The molecular formula is C17H12FN3O. The van der Waals surface area contributed by atoms with E-state index in [4.69, 9.17) is 5.73 Å². The number of para-hydroxylation sites is 1. The number of nitrogen functional groups attached to an aromatic ring is 1. The Morgan fingerprint density at radius 1 is 0.909 bits per heavy atom. The lowest BCUT2D eigenvalue weighted by molar-refractivity contribution is 0.631. The Morgan fingerprint density at radius 2 is 1.64 bits per heavy atom. The van der Waals surface area contributed by atoms with Crippen LogP contribution < -0.4 is 11.3 Å². The number of hydrogen-bond acceptors (Lipinski definition) is 2. The van der Waals surface area contributed by atoms with Crippen LogP contribution in [0.15, 0.2) is 53.3 Å². The second-order valence-electron chi connectivity index (χ2n) is 5.14. The third-order valence-corrected chi connectivity index (χ3v) is 3.85. The molecular weight excluding hydrogens is 281 g/mol. The number of rotatable bonds is 1. The molecule has 0 fully saturated rings. The van der Waals surface area contributed by atoms with Crippen LogP contribution in [-0.2, 0) is 0 Å². The van der Waals surface area contributed by atoms with Gasteiger partial charge in [0.25, 0.3) is 5.56 Å². The third kappa shape index (κ3) is 1.65. The molecule has 22 heavy (non-hydrogen) atoms. The molecule has 0 radical (unpaired) electrons. The molecule has 5 heteroatoms. The van der Waals surface area contributed by atoms with Gasteiger partial charge in [-0.15, -0.1) is 0 Å². The fourth-order valence-electron chi connectivity index (χ4n) is 2.83. The van der Waals surface area contributed by atoms with Crippen molar-refractivity contribution < 1.29 is 4.39 Å². The lowest BCUT2D eigenvalue weighted by Gasteiger charge is -2.08. The molecule has 2 aromatic carbocycles. The van der Waals surface area contributed by atoms with Crippen LogP contribution in [-0.4, -0.2) is 9.97 Å². The van der Waals surface area contributed by atoms with Gasteiger partial charge >= 0.3 is 0 Å². The van der Waals surface area contributed by atoms with Crippen LogP contribution in [0, 0.1) is 5.82 Å². The summed E-state index contributed by atoms with van der Waals surface area (Å²) in [7, 11) is 0. The molecule has 0 unspecified atom stereocenters. The van der Waals surface area contributed by atoms with E-state index in [1.54, 1.807) is 18.2 Å². The van der Waals surface area contributed by atoms with Gasteiger partial charge in [-0.25, -0.2) is 4.39 Å². The Labute approximate surface area is 124 Å². The number of hydrogen-bond donors (Lipinski definition) is 3. The van der Waals surface area contributed by atoms with Gasteiger partial charge in [-0.2, -0.15) is 0 Å². The number of anilines is 1. The molecule has 2 heterocycles. The molecule has 0 aliphatic heterocycles. The first-order valence-corrected chi connectivity index (χ1v) is 6.84. The fraction of sp³-hybridized carbons (Fsp3) is 0. The molecule has 0 saturated heterocycles. The van der Waals surface area contributed by atoms with E-state index in [1.807, 2.05) is 24.3 Å². The topological polar surface area (TPSA) is 74.7 Å². The van der Waals surface area contributed by atoms with Gasteiger partial charge in [-0.05, 0) is 12.1 Å². The molecule has 0 bridgehead atoms. The predicted molar refractivity (Wildman–Crippen MR) is 86.2 cm³/mol. The minimum Gasteiger partial charge on any atom is -0.394 e. The first kappa shape index (κ1) is 12.6. The number of nitrogens with one attached hydrogen (secondary N) is 2. The highest BCUT2D eigenvalue weighted by Crippen LogP contribution is 2.35. The number of halogens is 1. The molecule has 0 spiro atoms. The Hall–Kier alpha value is -3.08. The average Bonchev–Trinajstić information content (AvgIpc) is 2.88. The van der Waals surface area contributed by atoms with Gasteiger partial charge in [0.2, 0.25) is 0 Å². The van der Waals surface area contributed by atoms with Crippen LogP contribution >= 0.6 is 0 Å². The summed E-state index contributed by atoms with van der Waals surface area (Å²) >= 11 is 0. The first-order chi connectivity index (χ1) is 10.7. The van der Waals surface area contributed by atoms with Gasteiger partial charge in [-0.3, -0.25) is 4.79 Å². The van der Waals surface area contributed by atoms with Crippen molar-refractivity contribution in [2.75, 3.05) is 5.73 Å². The zero-order chi connectivity index (χ0) is 15.3. The van der Waals surface area contributed by atoms with E-state index in [1.165, 1.54) is 6.07 Å². The first-order valence-electron chi connectivity index (χ1n) is 6.84. The number of pyridine rings is 1. The van der Waals surface area contributed by atoms with Crippen molar-refractivity contribution in [1.29, 1.82) is 0 Å². The SMILES string of the molecule is Nc1c(-c2ccccc2F)c2[nH]c3ccccc3c2[nH]c1=O. The van der Waals surface area contributed by atoms with Crippen molar-refractivity contribution in [1.82, 2.24) is 9.97 Å². The molecule has 4 aromatic rings. The van der Waals surface area contributed by atoms with Gasteiger partial charge < -0.3 is 15.7 Å². The number of fused-ring (bicyclic) bond motifs is 3. The largest absolute Gasteiger partial charge is 0.394 e. The number of aromatic amines is 2. The van der Waals surface area contributed by atoms with Crippen molar-refractivity contribution in [3.63, 3.8) is 0 Å². The average molecular weight is 293 g/mol. The van der Waals surface area contributed by atoms with Crippen LogP contribution in [0.2, 0.25) is 0 Å². The summed E-state index contributed by atoms with van der Waals surface area (Å²) in [5, 5.41) is 0.868. The normalized spacial score (nSPS) is 11.3. The maximum absolute atomic E-state index is 14.2. The van der Waals surface area contributed by atoms with Crippen LogP contribution in [0.5, 0.6) is 0 Å². The molecule has 4 nitrogen and oxygen atoms in total. The summed E-state index contributed by atoms with van der Waals surface area (Å²) in [6, 6.07) is 13.9. The van der Waals surface area contributed by atoms with E-state index < -0.39 is 11.4 Å². The number of benzene rings is 2. The zero-order valence-corrected chi connectivity index (χ0v) is 11.5. The Balaban J connectivity index is 2.24. The summed E-state index contributed by atoms with van der Waals surface area (Å²) in [4.78, 5) is 18.2. The van der Waals surface area contributed by atoms with Crippen molar-refractivity contribution in [3.05, 3.63) is 64.7 Å². The maximum atomic E-state index is 14.2. The van der Waals surface area contributed by atoms with Crippen molar-refractivity contribution >= 4 is 27.6 Å². The molecule has 4 N–H and O–H groups in total. The smallest absolute Gasteiger partial charge is 0.272 e. The van der Waals surface area contributed by atoms with Gasteiger partial charge in [0.1, 0.15) is 11.5 Å². The highest BCUT2D eigenvalue weighted by Gasteiger charge is 2.18. The minimum atomic E-state index is -0.421. The summed E-state index contributed by atoms with van der Waals surface area (Å²) in [5.74, 6) is -0.417. The zero-order valence-electron chi connectivity index (χ0n) is 11.5. The molecule has 2 aromatic heterocycles. The number of H-pyrrole nitrogens is 2. The van der Waals surface area contributed by atoms with Crippen LogP contribution in [0.1, 0.15) is 0 Å². The monoisotopic (exact) mass is 293 g/mol. The van der Waals surface area contributed by atoms with Gasteiger partial charge in [0.05, 0.1) is 11.0 Å². The Bertz CT molecular complexity index is 1080. The van der Waals surface area contributed by atoms with Crippen molar-refractivity contribution in [2.45, 2.75) is 0 Å². The number of aromatic nitrogens is 2. The fourth-order valence-corrected chi connectivity index (χ4v) is 2.83. The van der Waals surface area contributed by atoms with E-state index in [0.717, 1.165) is 10.9 Å². The van der Waals surface area contributed by atoms with E-state index in [2.05, 4.69) is 9.97 Å². The quantitative estimate of drug-likeness (QED) is 0.503. The third-order valence-electron chi connectivity index (χ3n) is 3.85. The summed E-state index contributed by atoms with van der Waals surface area (Å²) in [5.41, 5.74) is 8.35. The predicted octanol–water partition coefficient (Wildman–Crippen LogP) is 3.40. The molecule has 0 aliphatic carbocycles. The van der Waals surface area contributed by atoms with Crippen LogP contribution in [0.25, 0.3) is 33.1 Å². The molecule has 0 amide bonds. The summed E-state index contributed by atoms with van der Waals surface area (Å²) < 4.78 is 14.2. The van der Waals surface area contributed by atoms with E-state index in [0.29, 0.717) is 22.2 Å². The number of nitrogens with two attached hydrogens (primary N) is 1. The van der Waals surface area contributed by atoms with E-state index >= 15 is 0 Å². The highest BCUT2D eigenvalue weighted by atomic mass is 19.1. The van der Waals surface area contributed by atoms with Gasteiger partial charge in [0, 0.05) is 22.0 Å². The van der Waals surface area contributed by atoms with E-state index in [-0.39, 0.29) is 5.69 Å². The van der Waals surface area contributed by atoms with Gasteiger partial charge in [0.15, 0.2) is 0 Å². The van der Waals surface area contributed by atoms with Crippen LogP contribution in [0.4, 0.5) is 10.1 Å². The molecule has 0 aliphatic rings. The second kappa shape index (κ2) is 4.46.